The van der Waals surface area contributed by atoms with Gasteiger partial charge in [-0.1, -0.05) is 60.1 Å². The topological polar surface area (TPSA) is 52.7 Å². The van der Waals surface area contributed by atoms with Gasteiger partial charge in [-0.25, -0.2) is 9.97 Å². The van der Waals surface area contributed by atoms with Crippen LogP contribution in [0, 0.1) is 0 Å². The van der Waals surface area contributed by atoms with E-state index in [2.05, 4.69) is 29.2 Å². The Kier molecular flexibility index (Phi) is 5.99. The average molecular weight is 523 g/mol. The van der Waals surface area contributed by atoms with Crippen LogP contribution in [0.15, 0.2) is 102 Å². The summed E-state index contributed by atoms with van der Waals surface area (Å²) in [6.07, 6.45) is 3.72. The second-order valence-corrected chi connectivity index (χ2v) is 10.3. The van der Waals surface area contributed by atoms with E-state index < -0.39 is 0 Å². The van der Waals surface area contributed by atoms with Gasteiger partial charge in [-0.2, -0.15) is 0 Å². The smallest absolute Gasteiger partial charge is 0.251 e. The first-order valence-electron chi connectivity index (χ1n) is 11.9. The lowest BCUT2D eigenvalue weighted by Gasteiger charge is -2.20. The number of hydrogen-bond donors (Lipinski definition) is 0. The summed E-state index contributed by atoms with van der Waals surface area (Å²) in [5, 5.41) is 4.54. The summed E-state index contributed by atoms with van der Waals surface area (Å²) < 4.78 is 3.73. The molecule has 0 aliphatic rings. The lowest BCUT2D eigenvalue weighted by molar-refractivity contribution is 0.793. The number of aromatic nitrogens is 4. The number of pyridine rings is 1. The van der Waals surface area contributed by atoms with Crippen molar-refractivity contribution in [3.8, 4) is 21.8 Å². The van der Waals surface area contributed by atoms with E-state index in [4.69, 9.17) is 16.6 Å². The van der Waals surface area contributed by atoms with Gasteiger partial charge in [0.2, 0.25) is 0 Å². The normalized spacial score (nSPS) is 12.2. The van der Waals surface area contributed by atoms with Gasteiger partial charge in [0.05, 0.1) is 23.5 Å². The summed E-state index contributed by atoms with van der Waals surface area (Å²) in [4.78, 5) is 22.2. The van der Waals surface area contributed by atoms with Gasteiger partial charge >= 0.3 is 0 Å². The van der Waals surface area contributed by atoms with Crippen molar-refractivity contribution in [1.29, 1.82) is 0 Å². The first-order valence-corrected chi connectivity index (χ1v) is 13.1. The number of fused-ring (bicyclic) bond motifs is 1. The Hall–Kier alpha value is -4.00. The third-order valence-corrected chi connectivity index (χ3v) is 7.89. The third-order valence-electron chi connectivity index (χ3n) is 6.76. The number of nitrogens with zero attached hydrogens (tertiary/aromatic N) is 4. The molecular weight excluding hydrogens is 500 g/mol. The highest BCUT2D eigenvalue weighted by Crippen LogP contribution is 2.37. The second kappa shape index (κ2) is 9.47. The van der Waals surface area contributed by atoms with E-state index in [1.54, 1.807) is 22.0 Å². The fourth-order valence-electron chi connectivity index (χ4n) is 4.81. The fraction of sp³-hybridized carbons (Fsp3) is 0.100. The van der Waals surface area contributed by atoms with Gasteiger partial charge in [0.1, 0.15) is 5.01 Å². The molecule has 5 nitrogen and oxygen atoms in total. The number of hydrogen-bond acceptors (Lipinski definition) is 4. The van der Waals surface area contributed by atoms with Gasteiger partial charge in [0.15, 0.2) is 0 Å². The van der Waals surface area contributed by atoms with E-state index in [0.717, 1.165) is 49.6 Å². The van der Waals surface area contributed by atoms with Crippen LogP contribution in [0.1, 0.15) is 22.7 Å². The SMILES string of the molecule is Cn1cncc1C(c1ccc(Cl)cc1)c1ccc2c(c1)c(-c1nc(-c3ccccc3)cs1)cc(=O)n2C. The zero-order chi connectivity index (χ0) is 25.5. The quantitative estimate of drug-likeness (QED) is 0.247. The van der Waals surface area contributed by atoms with Crippen LogP contribution in [-0.4, -0.2) is 19.1 Å². The molecule has 3 aromatic heterocycles. The Morgan fingerprint density at radius 3 is 2.41 bits per heavy atom. The molecule has 6 rings (SSSR count). The van der Waals surface area contributed by atoms with Gasteiger partial charge in [-0.15, -0.1) is 11.3 Å². The van der Waals surface area contributed by atoms with Crippen LogP contribution in [0.4, 0.5) is 0 Å². The van der Waals surface area contributed by atoms with E-state index in [1.165, 1.54) is 0 Å². The van der Waals surface area contributed by atoms with Crippen LogP contribution in [0.5, 0.6) is 0 Å². The number of halogens is 1. The number of aryl methyl sites for hydroxylation is 2. The van der Waals surface area contributed by atoms with Crippen molar-refractivity contribution in [3.63, 3.8) is 0 Å². The molecule has 6 aromatic rings. The predicted octanol–water partition coefficient (Wildman–Crippen LogP) is 6.90. The highest BCUT2D eigenvalue weighted by molar-refractivity contribution is 7.13. The maximum Gasteiger partial charge on any atom is 0.251 e. The molecule has 0 aliphatic heterocycles. The lowest BCUT2D eigenvalue weighted by Crippen LogP contribution is -2.16. The van der Waals surface area contributed by atoms with Gasteiger partial charge < -0.3 is 9.13 Å². The minimum atomic E-state index is -0.0624. The van der Waals surface area contributed by atoms with E-state index >= 15 is 0 Å². The lowest BCUT2D eigenvalue weighted by atomic mass is 9.87. The molecule has 1 atom stereocenters. The van der Waals surface area contributed by atoms with Crippen LogP contribution >= 0.6 is 22.9 Å². The van der Waals surface area contributed by atoms with Crippen molar-refractivity contribution in [3.05, 3.63) is 129 Å². The summed E-state index contributed by atoms with van der Waals surface area (Å²) >= 11 is 7.76. The molecule has 0 saturated carbocycles. The molecule has 0 N–H and O–H groups in total. The Balaban J connectivity index is 1.56. The zero-order valence-electron chi connectivity index (χ0n) is 20.3. The summed E-state index contributed by atoms with van der Waals surface area (Å²) in [5.41, 5.74) is 6.87. The summed E-state index contributed by atoms with van der Waals surface area (Å²) in [6.45, 7) is 0. The van der Waals surface area contributed by atoms with Crippen LogP contribution < -0.4 is 5.56 Å². The predicted molar refractivity (Wildman–Crippen MR) is 151 cm³/mol. The van der Waals surface area contributed by atoms with E-state index in [9.17, 15) is 4.79 Å². The van der Waals surface area contributed by atoms with Crippen molar-refractivity contribution < 1.29 is 0 Å². The van der Waals surface area contributed by atoms with Gasteiger partial charge in [-0.05, 0) is 35.4 Å². The number of thiazole rings is 1. The molecule has 3 heterocycles. The minimum absolute atomic E-state index is 0.0598. The van der Waals surface area contributed by atoms with Crippen LogP contribution in [0.2, 0.25) is 5.02 Å². The van der Waals surface area contributed by atoms with Crippen molar-refractivity contribution >= 4 is 33.8 Å². The number of benzene rings is 3. The highest BCUT2D eigenvalue weighted by Gasteiger charge is 2.22. The molecule has 0 amide bonds. The zero-order valence-corrected chi connectivity index (χ0v) is 21.9. The molecule has 7 heteroatoms. The van der Waals surface area contributed by atoms with Gasteiger partial charge in [0.25, 0.3) is 5.56 Å². The van der Waals surface area contributed by atoms with E-state index in [-0.39, 0.29) is 11.5 Å². The molecule has 0 aliphatic carbocycles. The highest BCUT2D eigenvalue weighted by atomic mass is 35.5. The van der Waals surface area contributed by atoms with Crippen LogP contribution in [0.25, 0.3) is 32.7 Å². The Morgan fingerprint density at radius 1 is 0.919 bits per heavy atom. The average Bonchev–Trinajstić information content (AvgIpc) is 3.58. The maximum absolute atomic E-state index is 12.9. The van der Waals surface area contributed by atoms with Crippen LogP contribution in [0.3, 0.4) is 0 Å². The maximum atomic E-state index is 12.9. The molecule has 37 heavy (non-hydrogen) atoms. The molecule has 0 radical (unpaired) electrons. The van der Waals surface area contributed by atoms with Gasteiger partial charge in [-0.3, -0.25) is 4.79 Å². The van der Waals surface area contributed by atoms with Crippen molar-refractivity contribution in [2.45, 2.75) is 5.92 Å². The van der Waals surface area contributed by atoms with Crippen LogP contribution in [-0.2, 0) is 14.1 Å². The molecule has 182 valence electrons. The van der Waals surface area contributed by atoms with Crippen molar-refractivity contribution in [1.82, 2.24) is 19.1 Å². The van der Waals surface area contributed by atoms with Crippen molar-refractivity contribution in [2.75, 3.05) is 0 Å². The summed E-state index contributed by atoms with van der Waals surface area (Å²) in [6, 6.07) is 26.0. The first kappa shape index (κ1) is 23.4. The molecule has 1 unspecified atom stereocenters. The number of rotatable bonds is 5. The Labute approximate surface area is 223 Å². The molecule has 0 saturated heterocycles. The fourth-order valence-corrected chi connectivity index (χ4v) is 5.79. The number of imidazole rings is 1. The van der Waals surface area contributed by atoms with E-state index in [1.807, 2.05) is 85.1 Å². The Bertz CT molecular complexity index is 1780. The molecule has 0 bridgehead atoms. The molecule has 0 fully saturated rings. The molecular formula is C30H23ClN4OS. The van der Waals surface area contributed by atoms with E-state index in [0.29, 0.717) is 5.02 Å². The summed E-state index contributed by atoms with van der Waals surface area (Å²) in [7, 11) is 3.81. The van der Waals surface area contributed by atoms with Crippen molar-refractivity contribution in [2.24, 2.45) is 14.1 Å². The second-order valence-electron chi connectivity index (χ2n) is 9.05. The molecule has 0 spiro atoms. The third kappa shape index (κ3) is 4.28. The Morgan fingerprint density at radius 2 is 1.68 bits per heavy atom. The minimum Gasteiger partial charge on any atom is -0.337 e. The monoisotopic (exact) mass is 522 g/mol. The van der Waals surface area contributed by atoms with Gasteiger partial charge in [0, 0.05) is 59.0 Å². The first-order chi connectivity index (χ1) is 18.0. The largest absolute Gasteiger partial charge is 0.337 e. The summed E-state index contributed by atoms with van der Waals surface area (Å²) in [5.74, 6) is -0.0598. The standard InChI is InChI=1S/C30H23ClN4OS/c1-34-18-32-16-27(34)29(20-8-11-22(31)12-9-20)21-10-13-26-23(14-21)24(15-28(36)35(26)2)30-33-25(17-37-30)19-6-4-3-5-7-19/h3-18,29H,1-2H3. The molecule has 3 aromatic carbocycles.